The quantitative estimate of drug-likeness (QED) is 0.846. The fraction of sp³-hybridized carbons (Fsp3) is 0.667. The van der Waals surface area contributed by atoms with Crippen LogP contribution in [0.15, 0.2) is 4.90 Å². The zero-order chi connectivity index (χ0) is 15.7. The van der Waals surface area contributed by atoms with Gasteiger partial charge in [0.25, 0.3) is 0 Å². The van der Waals surface area contributed by atoms with Crippen LogP contribution in [0.2, 0.25) is 0 Å². The number of carbonyl (C=O) groups is 1. The number of hydrogen-bond donors (Lipinski definition) is 1. The first-order valence-electron chi connectivity index (χ1n) is 6.32. The Morgan fingerprint density at radius 3 is 2.40 bits per heavy atom. The van der Waals surface area contributed by atoms with Gasteiger partial charge in [0, 0.05) is 13.1 Å². The molecule has 1 rings (SSSR count). The van der Waals surface area contributed by atoms with Gasteiger partial charge in [-0.15, -0.1) is 0 Å². The normalized spacial score (nSPS) is 12.3. The van der Waals surface area contributed by atoms with Crippen molar-refractivity contribution in [1.82, 2.24) is 14.1 Å². The highest BCUT2D eigenvalue weighted by Gasteiger charge is 2.30. The molecule has 1 heterocycles. The Morgan fingerprint density at radius 2 is 1.95 bits per heavy atom. The Balaban J connectivity index is 3.23. The van der Waals surface area contributed by atoms with E-state index in [0.29, 0.717) is 11.4 Å². The summed E-state index contributed by atoms with van der Waals surface area (Å²) >= 11 is 0. The van der Waals surface area contributed by atoms with Gasteiger partial charge in [-0.05, 0) is 27.7 Å². The first-order chi connectivity index (χ1) is 9.09. The molecule has 1 aromatic rings. The Kier molecular flexibility index (Phi) is 4.93. The summed E-state index contributed by atoms with van der Waals surface area (Å²) in [6.45, 7) is 6.99. The minimum atomic E-state index is -3.61. The van der Waals surface area contributed by atoms with Gasteiger partial charge < -0.3 is 5.11 Å². The molecule has 0 aliphatic heterocycles. The first kappa shape index (κ1) is 16.6. The first-order valence-corrected chi connectivity index (χ1v) is 7.76. The third-order valence-corrected chi connectivity index (χ3v) is 5.50. The van der Waals surface area contributed by atoms with E-state index in [2.05, 4.69) is 5.10 Å². The molecule has 114 valence electrons. The number of carboxylic acid groups (broad SMARTS) is 1. The van der Waals surface area contributed by atoms with Crippen molar-refractivity contribution in [3.05, 3.63) is 11.4 Å². The molecule has 0 saturated heterocycles. The van der Waals surface area contributed by atoms with Crippen molar-refractivity contribution in [3.8, 4) is 0 Å². The molecule has 1 aromatic heterocycles. The zero-order valence-electron chi connectivity index (χ0n) is 12.4. The summed E-state index contributed by atoms with van der Waals surface area (Å²) in [5, 5.41) is 12.8. The largest absolute Gasteiger partial charge is 0.481 e. The Labute approximate surface area is 119 Å². The van der Waals surface area contributed by atoms with Crippen LogP contribution in [0.5, 0.6) is 0 Å². The summed E-state index contributed by atoms with van der Waals surface area (Å²) in [5.74, 6) is -0.943. The average Bonchev–Trinajstić information content (AvgIpc) is 2.60. The van der Waals surface area contributed by atoms with Gasteiger partial charge in [0.1, 0.15) is 4.90 Å². The van der Waals surface area contributed by atoms with E-state index >= 15 is 0 Å². The van der Waals surface area contributed by atoms with Gasteiger partial charge in [0.2, 0.25) is 10.0 Å². The Hall–Kier alpha value is -1.41. The van der Waals surface area contributed by atoms with E-state index in [0.717, 1.165) is 0 Å². The van der Waals surface area contributed by atoms with Crippen LogP contribution in [0, 0.1) is 13.8 Å². The van der Waals surface area contributed by atoms with E-state index < -0.39 is 16.0 Å². The van der Waals surface area contributed by atoms with Crippen molar-refractivity contribution in [2.24, 2.45) is 0 Å². The van der Waals surface area contributed by atoms with E-state index in [1.807, 2.05) is 0 Å². The molecule has 8 heteroatoms. The lowest BCUT2D eigenvalue weighted by Gasteiger charge is -2.21. The minimum absolute atomic E-state index is 0.0958. The van der Waals surface area contributed by atoms with E-state index in [4.69, 9.17) is 5.11 Å². The number of carboxylic acids is 1. The third-order valence-electron chi connectivity index (χ3n) is 3.22. The average molecular weight is 303 g/mol. The van der Waals surface area contributed by atoms with Crippen LogP contribution in [-0.4, -0.2) is 46.7 Å². The lowest BCUT2D eigenvalue weighted by molar-refractivity contribution is -0.137. The number of aromatic nitrogens is 2. The summed E-state index contributed by atoms with van der Waals surface area (Å²) in [4.78, 5) is 10.8. The molecule has 0 bridgehead atoms. The van der Waals surface area contributed by atoms with E-state index in [-0.39, 0.29) is 23.9 Å². The second-order valence-electron chi connectivity index (χ2n) is 4.98. The summed E-state index contributed by atoms with van der Waals surface area (Å²) < 4.78 is 27.8. The fourth-order valence-corrected chi connectivity index (χ4v) is 3.63. The summed E-state index contributed by atoms with van der Waals surface area (Å²) in [5.41, 5.74) is 0.858. The molecule has 0 amide bonds. The summed E-state index contributed by atoms with van der Waals surface area (Å²) in [6.07, 6.45) is -0.0958. The molecule has 0 radical (unpaired) electrons. The standard InChI is InChI=1S/C12H21N3O4S/c1-8(2)14(5)20(18,19)12-9(3)13-15(10(12)4)7-6-11(16)17/h8H,6-7H2,1-5H3,(H,16,17). The van der Waals surface area contributed by atoms with Crippen LogP contribution in [0.4, 0.5) is 0 Å². The van der Waals surface area contributed by atoms with Crippen LogP contribution < -0.4 is 0 Å². The lowest BCUT2D eigenvalue weighted by atomic mass is 10.4. The van der Waals surface area contributed by atoms with Gasteiger partial charge in [-0.1, -0.05) is 0 Å². The molecule has 0 aliphatic rings. The molecular formula is C12H21N3O4S. The van der Waals surface area contributed by atoms with Gasteiger partial charge >= 0.3 is 5.97 Å². The smallest absolute Gasteiger partial charge is 0.305 e. The second kappa shape index (κ2) is 5.92. The van der Waals surface area contributed by atoms with Crippen LogP contribution in [-0.2, 0) is 21.4 Å². The van der Waals surface area contributed by atoms with Gasteiger partial charge in [-0.25, -0.2) is 8.42 Å². The van der Waals surface area contributed by atoms with E-state index in [1.165, 1.54) is 16.0 Å². The number of rotatable bonds is 6. The third kappa shape index (κ3) is 3.18. The van der Waals surface area contributed by atoms with Crippen LogP contribution >= 0.6 is 0 Å². The summed E-state index contributed by atoms with van der Waals surface area (Å²) in [6, 6.07) is -0.166. The van der Waals surface area contributed by atoms with Gasteiger partial charge in [0.05, 0.1) is 24.4 Å². The molecule has 7 nitrogen and oxygen atoms in total. The topological polar surface area (TPSA) is 92.5 Å². The molecule has 0 spiro atoms. The molecular weight excluding hydrogens is 282 g/mol. The zero-order valence-corrected chi connectivity index (χ0v) is 13.2. The van der Waals surface area contributed by atoms with Gasteiger partial charge in [-0.3, -0.25) is 9.48 Å². The summed E-state index contributed by atoms with van der Waals surface area (Å²) in [7, 11) is -2.09. The van der Waals surface area contributed by atoms with Crippen molar-refractivity contribution in [2.45, 2.75) is 51.6 Å². The maximum Gasteiger partial charge on any atom is 0.305 e. The maximum atomic E-state index is 12.5. The maximum absolute atomic E-state index is 12.5. The predicted molar refractivity (Wildman–Crippen MR) is 74.0 cm³/mol. The minimum Gasteiger partial charge on any atom is -0.481 e. The second-order valence-corrected chi connectivity index (χ2v) is 6.92. The SMILES string of the molecule is Cc1nn(CCC(=O)O)c(C)c1S(=O)(=O)N(C)C(C)C. The number of sulfonamides is 1. The predicted octanol–water partition coefficient (Wildman–Crippen LogP) is 1.00. The van der Waals surface area contributed by atoms with Crippen molar-refractivity contribution in [3.63, 3.8) is 0 Å². The van der Waals surface area contributed by atoms with Crippen LogP contribution in [0.25, 0.3) is 0 Å². The molecule has 20 heavy (non-hydrogen) atoms. The van der Waals surface area contributed by atoms with Crippen LogP contribution in [0.1, 0.15) is 31.7 Å². The number of aryl methyl sites for hydroxylation is 2. The molecule has 0 atom stereocenters. The number of nitrogens with zero attached hydrogens (tertiary/aromatic N) is 3. The van der Waals surface area contributed by atoms with Gasteiger partial charge in [-0.2, -0.15) is 9.40 Å². The van der Waals surface area contributed by atoms with Crippen molar-refractivity contribution in [1.29, 1.82) is 0 Å². The van der Waals surface area contributed by atoms with E-state index in [9.17, 15) is 13.2 Å². The molecule has 0 aliphatic carbocycles. The molecule has 0 fully saturated rings. The fourth-order valence-electron chi connectivity index (χ4n) is 1.89. The molecule has 0 saturated carbocycles. The monoisotopic (exact) mass is 303 g/mol. The molecule has 0 unspecified atom stereocenters. The lowest BCUT2D eigenvalue weighted by Crippen LogP contribution is -2.33. The van der Waals surface area contributed by atoms with Crippen LogP contribution in [0.3, 0.4) is 0 Å². The number of hydrogen-bond acceptors (Lipinski definition) is 4. The highest BCUT2D eigenvalue weighted by Crippen LogP contribution is 2.24. The van der Waals surface area contributed by atoms with E-state index in [1.54, 1.807) is 27.7 Å². The highest BCUT2D eigenvalue weighted by atomic mass is 32.2. The Morgan fingerprint density at radius 1 is 1.40 bits per heavy atom. The molecule has 0 aromatic carbocycles. The number of aliphatic carboxylic acids is 1. The van der Waals surface area contributed by atoms with Crippen molar-refractivity contribution >= 4 is 16.0 Å². The van der Waals surface area contributed by atoms with Crippen molar-refractivity contribution in [2.75, 3.05) is 7.05 Å². The Bertz CT molecular complexity index is 604. The van der Waals surface area contributed by atoms with Gasteiger partial charge in [0.15, 0.2) is 0 Å². The van der Waals surface area contributed by atoms with Crippen molar-refractivity contribution < 1.29 is 18.3 Å². The highest BCUT2D eigenvalue weighted by molar-refractivity contribution is 7.89. The molecule has 1 N–H and O–H groups in total.